The van der Waals surface area contributed by atoms with Crippen LogP contribution >= 0.6 is 0 Å². The number of rotatable bonds is 7. The van der Waals surface area contributed by atoms with Crippen LogP contribution in [-0.2, 0) is 19.6 Å². The maximum Gasteiger partial charge on any atom is 0.232 e. The van der Waals surface area contributed by atoms with Crippen molar-refractivity contribution in [2.45, 2.75) is 45.6 Å². The molecule has 140 valence electrons. The number of benzene rings is 1. The molecule has 1 aromatic carbocycles. The van der Waals surface area contributed by atoms with Crippen molar-refractivity contribution >= 4 is 27.3 Å². The third-order valence-corrected chi connectivity index (χ3v) is 5.85. The second kappa shape index (κ2) is 8.67. The Hall–Kier alpha value is -1.60. The summed E-state index contributed by atoms with van der Waals surface area (Å²) >= 11 is 0. The van der Waals surface area contributed by atoms with E-state index in [2.05, 4.69) is 5.32 Å². The standard InChI is InChI=1S/C18H28N2O4S/c1-4-14(5-2)18(21)19-15-6-8-16(9-7-15)20(25(3,22)23)17-10-12-24-13-11-17/h6-9,14,17H,4-5,10-13H2,1-3H3,(H,19,21). The first kappa shape index (κ1) is 19.7. The van der Waals surface area contributed by atoms with Crippen LogP contribution in [0.4, 0.5) is 11.4 Å². The van der Waals surface area contributed by atoms with Gasteiger partial charge in [0, 0.05) is 30.9 Å². The van der Waals surface area contributed by atoms with Gasteiger partial charge in [-0.15, -0.1) is 0 Å². The Morgan fingerprint density at radius 1 is 1.20 bits per heavy atom. The summed E-state index contributed by atoms with van der Waals surface area (Å²) in [5.74, 6) is -0.00316. The summed E-state index contributed by atoms with van der Waals surface area (Å²) in [6.07, 6.45) is 4.18. The molecule has 1 aromatic rings. The average molecular weight is 368 g/mol. The predicted molar refractivity (Wildman–Crippen MR) is 100 cm³/mol. The van der Waals surface area contributed by atoms with Crippen LogP contribution in [0.3, 0.4) is 0 Å². The first-order chi connectivity index (χ1) is 11.9. The molecule has 1 aliphatic heterocycles. The normalized spacial score (nSPS) is 16.0. The zero-order valence-corrected chi connectivity index (χ0v) is 16.0. The predicted octanol–water partition coefficient (Wildman–Crippen LogP) is 3.01. The molecule has 0 aliphatic carbocycles. The molecule has 0 saturated carbocycles. The van der Waals surface area contributed by atoms with E-state index in [1.165, 1.54) is 10.6 Å². The molecular weight excluding hydrogens is 340 g/mol. The molecule has 0 unspecified atom stereocenters. The summed E-state index contributed by atoms with van der Waals surface area (Å²) in [6, 6.07) is 6.92. The Morgan fingerprint density at radius 2 is 1.76 bits per heavy atom. The van der Waals surface area contributed by atoms with Gasteiger partial charge >= 0.3 is 0 Å². The maximum atomic E-state index is 12.3. The molecule has 0 spiro atoms. The number of hydrogen-bond acceptors (Lipinski definition) is 4. The third-order valence-electron chi connectivity index (χ3n) is 4.63. The van der Waals surface area contributed by atoms with Crippen LogP contribution in [0, 0.1) is 5.92 Å². The zero-order chi connectivity index (χ0) is 18.4. The van der Waals surface area contributed by atoms with E-state index in [9.17, 15) is 13.2 Å². The fraction of sp³-hybridized carbons (Fsp3) is 0.611. The first-order valence-electron chi connectivity index (χ1n) is 8.84. The highest BCUT2D eigenvalue weighted by Gasteiger charge is 2.28. The van der Waals surface area contributed by atoms with E-state index in [-0.39, 0.29) is 17.9 Å². The molecule has 0 bridgehead atoms. The highest BCUT2D eigenvalue weighted by molar-refractivity contribution is 7.92. The molecule has 7 heteroatoms. The maximum absolute atomic E-state index is 12.3. The number of anilines is 2. The number of amides is 1. The Balaban J connectivity index is 2.16. The molecule has 2 rings (SSSR count). The highest BCUT2D eigenvalue weighted by atomic mass is 32.2. The summed E-state index contributed by atoms with van der Waals surface area (Å²) in [5.41, 5.74) is 1.30. The van der Waals surface area contributed by atoms with Crippen molar-refractivity contribution < 1.29 is 17.9 Å². The minimum absolute atomic E-state index is 0.00199. The van der Waals surface area contributed by atoms with Crippen molar-refractivity contribution in [2.75, 3.05) is 29.1 Å². The molecule has 0 aromatic heterocycles. The monoisotopic (exact) mass is 368 g/mol. The van der Waals surface area contributed by atoms with Gasteiger partial charge in [-0.2, -0.15) is 0 Å². The van der Waals surface area contributed by atoms with Gasteiger partial charge in [-0.3, -0.25) is 9.10 Å². The van der Waals surface area contributed by atoms with E-state index in [4.69, 9.17) is 4.74 Å². The number of nitrogens with one attached hydrogen (secondary N) is 1. The van der Waals surface area contributed by atoms with Gasteiger partial charge in [-0.1, -0.05) is 13.8 Å². The van der Waals surface area contributed by atoms with Crippen LogP contribution in [0.5, 0.6) is 0 Å². The molecule has 1 heterocycles. The molecule has 1 N–H and O–H groups in total. The largest absolute Gasteiger partial charge is 0.381 e. The zero-order valence-electron chi connectivity index (χ0n) is 15.2. The SMILES string of the molecule is CCC(CC)C(=O)Nc1ccc(N(C2CCOCC2)S(C)(=O)=O)cc1. The summed E-state index contributed by atoms with van der Waals surface area (Å²) in [6.45, 7) is 5.13. The highest BCUT2D eigenvalue weighted by Crippen LogP contribution is 2.27. The lowest BCUT2D eigenvalue weighted by Crippen LogP contribution is -2.43. The summed E-state index contributed by atoms with van der Waals surface area (Å²) in [5, 5.41) is 2.90. The molecule has 1 amide bonds. The lowest BCUT2D eigenvalue weighted by Gasteiger charge is -2.34. The van der Waals surface area contributed by atoms with Gasteiger partial charge in [0.1, 0.15) is 0 Å². The minimum Gasteiger partial charge on any atom is -0.381 e. The molecule has 1 aliphatic rings. The van der Waals surface area contributed by atoms with Crippen molar-refractivity contribution in [3.05, 3.63) is 24.3 Å². The van der Waals surface area contributed by atoms with E-state index in [1.54, 1.807) is 24.3 Å². The van der Waals surface area contributed by atoms with E-state index in [0.29, 0.717) is 37.4 Å². The Labute approximate surface area is 150 Å². The van der Waals surface area contributed by atoms with Crippen molar-refractivity contribution in [3.8, 4) is 0 Å². The molecule has 1 fully saturated rings. The van der Waals surface area contributed by atoms with Crippen molar-refractivity contribution in [1.29, 1.82) is 0 Å². The molecule has 6 nitrogen and oxygen atoms in total. The minimum atomic E-state index is -3.38. The van der Waals surface area contributed by atoms with E-state index >= 15 is 0 Å². The number of hydrogen-bond donors (Lipinski definition) is 1. The van der Waals surface area contributed by atoms with Crippen LogP contribution < -0.4 is 9.62 Å². The van der Waals surface area contributed by atoms with Gasteiger partial charge in [0.25, 0.3) is 0 Å². The average Bonchev–Trinajstić information content (AvgIpc) is 2.57. The van der Waals surface area contributed by atoms with Crippen LogP contribution in [0.15, 0.2) is 24.3 Å². The lowest BCUT2D eigenvalue weighted by molar-refractivity contribution is -0.120. The molecule has 0 radical (unpaired) electrons. The second-order valence-corrected chi connectivity index (χ2v) is 8.31. The van der Waals surface area contributed by atoms with Gasteiger partial charge in [0.05, 0.1) is 11.9 Å². The number of carbonyl (C=O) groups is 1. The Morgan fingerprint density at radius 3 is 2.24 bits per heavy atom. The van der Waals surface area contributed by atoms with Gasteiger partial charge in [0.2, 0.25) is 15.9 Å². The van der Waals surface area contributed by atoms with Gasteiger partial charge in [0.15, 0.2) is 0 Å². The van der Waals surface area contributed by atoms with Gasteiger partial charge < -0.3 is 10.1 Å². The Bertz CT molecular complexity index is 663. The molecule has 0 atom stereocenters. The van der Waals surface area contributed by atoms with Gasteiger partial charge in [-0.05, 0) is 49.9 Å². The Kier molecular flexibility index (Phi) is 6.84. The third kappa shape index (κ3) is 5.19. The smallest absolute Gasteiger partial charge is 0.232 e. The number of carbonyl (C=O) groups excluding carboxylic acids is 1. The molecular formula is C18H28N2O4S. The van der Waals surface area contributed by atoms with Crippen LogP contribution in [-0.4, -0.2) is 39.8 Å². The van der Waals surface area contributed by atoms with Crippen molar-refractivity contribution in [2.24, 2.45) is 5.92 Å². The second-order valence-electron chi connectivity index (χ2n) is 6.45. The lowest BCUT2D eigenvalue weighted by atomic mass is 10.0. The van der Waals surface area contributed by atoms with E-state index < -0.39 is 10.0 Å². The number of nitrogens with zero attached hydrogens (tertiary/aromatic N) is 1. The summed E-state index contributed by atoms with van der Waals surface area (Å²) in [7, 11) is -3.38. The topological polar surface area (TPSA) is 75.7 Å². The first-order valence-corrected chi connectivity index (χ1v) is 10.7. The van der Waals surface area contributed by atoms with Gasteiger partial charge in [-0.25, -0.2) is 8.42 Å². The fourth-order valence-electron chi connectivity index (χ4n) is 3.19. The fourth-order valence-corrected chi connectivity index (χ4v) is 4.45. The van der Waals surface area contributed by atoms with Crippen LogP contribution in [0.1, 0.15) is 39.5 Å². The molecule has 1 saturated heterocycles. The number of ether oxygens (including phenoxy) is 1. The van der Waals surface area contributed by atoms with Crippen molar-refractivity contribution in [1.82, 2.24) is 0 Å². The molecule has 25 heavy (non-hydrogen) atoms. The summed E-state index contributed by atoms with van der Waals surface area (Å²) in [4.78, 5) is 12.2. The van der Waals surface area contributed by atoms with E-state index in [0.717, 1.165) is 12.8 Å². The van der Waals surface area contributed by atoms with Crippen LogP contribution in [0.2, 0.25) is 0 Å². The number of sulfonamides is 1. The summed E-state index contributed by atoms with van der Waals surface area (Å²) < 4.78 is 31.4. The van der Waals surface area contributed by atoms with Crippen molar-refractivity contribution in [3.63, 3.8) is 0 Å². The van der Waals surface area contributed by atoms with E-state index in [1.807, 2.05) is 13.8 Å². The quantitative estimate of drug-likeness (QED) is 0.803. The van der Waals surface area contributed by atoms with Crippen LogP contribution in [0.25, 0.3) is 0 Å².